The van der Waals surface area contributed by atoms with E-state index in [1.54, 1.807) is 0 Å². The lowest BCUT2D eigenvalue weighted by Gasteiger charge is -2.43. The summed E-state index contributed by atoms with van der Waals surface area (Å²) in [6.45, 7) is 14.1. The van der Waals surface area contributed by atoms with Gasteiger partial charge in [0.25, 0.3) is 0 Å². The number of aromatic nitrogens is 2. The maximum atomic E-state index is 4.44. The van der Waals surface area contributed by atoms with Gasteiger partial charge in [0.1, 0.15) is 0 Å². The van der Waals surface area contributed by atoms with Crippen LogP contribution in [0.5, 0.6) is 0 Å². The molecule has 0 amide bonds. The van der Waals surface area contributed by atoms with E-state index in [0.29, 0.717) is 0 Å². The Kier molecular flexibility index (Phi) is 6.02. The lowest BCUT2D eigenvalue weighted by molar-refractivity contribution is 0.0905. The first-order valence-electron chi connectivity index (χ1n) is 7.07. The minimum atomic E-state index is 0.0216. The van der Waals surface area contributed by atoms with Crippen LogP contribution in [0.1, 0.15) is 46.4 Å². The number of rotatable bonds is 7. The molecule has 0 radical (unpaired) electrons. The topological polar surface area (TPSA) is 33.1 Å². The van der Waals surface area contributed by atoms with E-state index < -0.39 is 0 Å². The molecule has 0 fully saturated rings. The molecule has 0 spiro atoms. The summed E-state index contributed by atoms with van der Waals surface area (Å²) in [6.07, 6.45) is 1.89. The fourth-order valence-electron chi connectivity index (χ4n) is 2.96. The van der Waals surface area contributed by atoms with Crippen molar-refractivity contribution in [3.63, 3.8) is 0 Å². The Bertz CT molecular complexity index is 396. The van der Waals surface area contributed by atoms with Crippen LogP contribution in [0.4, 0.5) is 0 Å². The van der Waals surface area contributed by atoms with Crippen molar-refractivity contribution in [3.8, 4) is 0 Å². The molecule has 1 aromatic rings. The maximum Gasteiger partial charge on any atom is 0.0714 e. The lowest BCUT2D eigenvalue weighted by Crippen LogP contribution is -2.52. The summed E-state index contributed by atoms with van der Waals surface area (Å²) in [7, 11) is 2.02. The Hall–Kier alpha value is -0.390. The monoisotopic (exact) mass is 330 g/mol. The first-order valence-corrected chi connectivity index (χ1v) is 7.86. The van der Waals surface area contributed by atoms with E-state index in [1.807, 2.05) is 13.2 Å². The van der Waals surface area contributed by atoms with Crippen LogP contribution < -0.4 is 5.32 Å². The summed E-state index contributed by atoms with van der Waals surface area (Å²) in [5, 5.41) is 7.92. The highest BCUT2D eigenvalue weighted by atomic mass is 79.9. The molecule has 1 N–H and O–H groups in total. The average molecular weight is 331 g/mol. The Labute approximate surface area is 125 Å². The minimum Gasteiger partial charge on any atom is -0.310 e. The van der Waals surface area contributed by atoms with Gasteiger partial charge in [0.05, 0.1) is 22.4 Å². The Morgan fingerprint density at radius 2 is 1.95 bits per heavy atom. The quantitative estimate of drug-likeness (QED) is 0.834. The van der Waals surface area contributed by atoms with Crippen LogP contribution in [0.2, 0.25) is 0 Å². The van der Waals surface area contributed by atoms with Gasteiger partial charge in [-0.05, 0) is 56.8 Å². The molecule has 4 nitrogen and oxygen atoms in total. The Balaban J connectivity index is 3.22. The molecule has 1 aromatic heterocycles. The number of nitrogens with one attached hydrogen (secondary N) is 1. The first-order chi connectivity index (χ1) is 8.93. The molecule has 0 aliphatic rings. The molecule has 1 heterocycles. The van der Waals surface area contributed by atoms with Gasteiger partial charge in [-0.15, -0.1) is 0 Å². The lowest BCUT2D eigenvalue weighted by atomic mass is 9.89. The standard InChI is InChI=1S/C14H27BrN4/c1-7-18(8-2)14(4,5)13(16-6)12-11(15)10-17-19(12)9-3/h10,13,16H,7-9H2,1-6H3. The SMILES string of the molecule is CCN(CC)C(C)(C)C(NC)c1c(Br)cnn1CC. The van der Waals surface area contributed by atoms with E-state index >= 15 is 0 Å². The van der Waals surface area contributed by atoms with Crippen LogP contribution in [0.15, 0.2) is 10.7 Å². The molecule has 0 bridgehead atoms. The number of aryl methyl sites for hydroxylation is 1. The predicted octanol–water partition coefficient (Wildman–Crippen LogP) is 3.05. The third kappa shape index (κ3) is 3.20. The van der Waals surface area contributed by atoms with Crippen molar-refractivity contribution in [2.45, 2.75) is 52.7 Å². The second-order valence-electron chi connectivity index (χ2n) is 5.24. The van der Waals surface area contributed by atoms with Crippen molar-refractivity contribution in [3.05, 3.63) is 16.4 Å². The summed E-state index contributed by atoms with van der Waals surface area (Å²) in [5.41, 5.74) is 1.25. The molecule has 1 unspecified atom stereocenters. The van der Waals surface area contributed by atoms with Crippen molar-refractivity contribution >= 4 is 15.9 Å². The van der Waals surface area contributed by atoms with Gasteiger partial charge in [-0.2, -0.15) is 5.10 Å². The Morgan fingerprint density at radius 3 is 2.37 bits per heavy atom. The summed E-state index contributed by atoms with van der Waals surface area (Å²) in [5.74, 6) is 0. The van der Waals surface area contributed by atoms with Gasteiger partial charge >= 0.3 is 0 Å². The van der Waals surface area contributed by atoms with Crippen LogP contribution in [0.25, 0.3) is 0 Å². The van der Waals surface area contributed by atoms with E-state index in [0.717, 1.165) is 24.1 Å². The molecule has 1 rings (SSSR count). The summed E-state index contributed by atoms with van der Waals surface area (Å²) in [4.78, 5) is 2.48. The zero-order valence-electron chi connectivity index (χ0n) is 13.0. The fourth-order valence-corrected chi connectivity index (χ4v) is 3.48. The van der Waals surface area contributed by atoms with Gasteiger partial charge in [-0.25, -0.2) is 0 Å². The van der Waals surface area contributed by atoms with Crippen molar-refractivity contribution in [2.75, 3.05) is 20.1 Å². The van der Waals surface area contributed by atoms with Crippen molar-refractivity contribution in [1.82, 2.24) is 20.0 Å². The molecular weight excluding hydrogens is 304 g/mol. The van der Waals surface area contributed by atoms with E-state index in [-0.39, 0.29) is 11.6 Å². The molecule has 110 valence electrons. The van der Waals surface area contributed by atoms with Crippen molar-refractivity contribution in [2.24, 2.45) is 0 Å². The van der Waals surface area contributed by atoms with Gasteiger partial charge in [0.2, 0.25) is 0 Å². The van der Waals surface area contributed by atoms with E-state index in [4.69, 9.17) is 0 Å². The largest absolute Gasteiger partial charge is 0.310 e. The number of nitrogens with zero attached hydrogens (tertiary/aromatic N) is 3. The highest BCUT2D eigenvalue weighted by molar-refractivity contribution is 9.10. The normalized spacial score (nSPS) is 14.1. The maximum absolute atomic E-state index is 4.44. The molecule has 0 aliphatic heterocycles. The fraction of sp³-hybridized carbons (Fsp3) is 0.786. The molecule has 5 heteroatoms. The van der Waals surface area contributed by atoms with E-state index in [1.165, 1.54) is 5.69 Å². The second-order valence-corrected chi connectivity index (χ2v) is 6.10. The highest BCUT2D eigenvalue weighted by Crippen LogP contribution is 2.34. The zero-order chi connectivity index (χ0) is 14.6. The average Bonchev–Trinajstić information content (AvgIpc) is 2.73. The number of halogens is 1. The van der Waals surface area contributed by atoms with Gasteiger partial charge < -0.3 is 5.32 Å². The summed E-state index contributed by atoms with van der Waals surface area (Å²) in [6, 6.07) is 0.226. The third-order valence-corrected chi connectivity index (χ3v) is 4.59. The van der Waals surface area contributed by atoms with Gasteiger partial charge in [0.15, 0.2) is 0 Å². The predicted molar refractivity (Wildman–Crippen MR) is 84.4 cm³/mol. The second kappa shape index (κ2) is 6.86. The Morgan fingerprint density at radius 1 is 1.37 bits per heavy atom. The van der Waals surface area contributed by atoms with E-state index in [2.05, 4.69) is 70.5 Å². The number of hydrogen-bond acceptors (Lipinski definition) is 3. The highest BCUT2D eigenvalue weighted by Gasteiger charge is 2.37. The third-order valence-electron chi connectivity index (χ3n) is 3.98. The smallest absolute Gasteiger partial charge is 0.0714 e. The van der Waals surface area contributed by atoms with Gasteiger partial charge in [-0.1, -0.05) is 13.8 Å². The molecule has 0 aromatic carbocycles. The minimum absolute atomic E-state index is 0.0216. The molecule has 0 saturated heterocycles. The van der Waals surface area contributed by atoms with Gasteiger partial charge in [0, 0.05) is 12.1 Å². The van der Waals surface area contributed by atoms with Crippen molar-refractivity contribution in [1.29, 1.82) is 0 Å². The van der Waals surface area contributed by atoms with Crippen LogP contribution >= 0.6 is 15.9 Å². The molecule has 19 heavy (non-hydrogen) atoms. The summed E-state index contributed by atoms with van der Waals surface area (Å²) >= 11 is 3.64. The van der Waals surface area contributed by atoms with Crippen LogP contribution in [0, 0.1) is 0 Å². The first kappa shape index (κ1) is 16.7. The van der Waals surface area contributed by atoms with Crippen LogP contribution in [-0.2, 0) is 6.54 Å². The zero-order valence-corrected chi connectivity index (χ0v) is 14.6. The summed E-state index contributed by atoms with van der Waals surface area (Å²) < 4.78 is 3.14. The molecule has 0 aliphatic carbocycles. The number of likely N-dealkylation sites (N-methyl/N-ethyl adjacent to an activating group) is 2. The van der Waals surface area contributed by atoms with Gasteiger partial charge in [-0.3, -0.25) is 9.58 Å². The molecule has 0 saturated carbocycles. The molecule has 1 atom stereocenters. The van der Waals surface area contributed by atoms with Crippen LogP contribution in [0.3, 0.4) is 0 Å². The van der Waals surface area contributed by atoms with Crippen LogP contribution in [-0.4, -0.2) is 40.4 Å². The van der Waals surface area contributed by atoms with Crippen molar-refractivity contribution < 1.29 is 0 Å². The van der Waals surface area contributed by atoms with E-state index in [9.17, 15) is 0 Å². The molecular formula is C14H27BrN4. The number of hydrogen-bond donors (Lipinski definition) is 1.